The van der Waals surface area contributed by atoms with Gasteiger partial charge in [0.05, 0.1) is 17.6 Å². The summed E-state index contributed by atoms with van der Waals surface area (Å²) < 4.78 is 72.3. The molecule has 9 heteroatoms. The van der Waals surface area contributed by atoms with Crippen molar-refractivity contribution in [1.29, 1.82) is 0 Å². The molecule has 0 unspecified atom stereocenters. The van der Waals surface area contributed by atoms with E-state index in [0.717, 1.165) is 0 Å². The van der Waals surface area contributed by atoms with E-state index in [9.17, 15) is 26.3 Å². The van der Waals surface area contributed by atoms with Crippen LogP contribution in [-0.4, -0.2) is 16.1 Å². The molecule has 2 N–H and O–H groups in total. The molecule has 1 heterocycles. The van der Waals surface area contributed by atoms with E-state index >= 15 is 0 Å². The van der Waals surface area contributed by atoms with Crippen LogP contribution in [0.5, 0.6) is 0 Å². The number of aromatic nitrogens is 2. The number of alkyl halides is 6. The van der Waals surface area contributed by atoms with Gasteiger partial charge in [0.15, 0.2) is 0 Å². The molecule has 1 aromatic rings. The molecule has 0 spiro atoms. The third-order valence-corrected chi connectivity index (χ3v) is 1.80. The third-order valence-electron chi connectivity index (χ3n) is 1.80. The second-order valence-electron chi connectivity index (χ2n) is 3.21. The van der Waals surface area contributed by atoms with Gasteiger partial charge in [0.2, 0.25) is 5.82 Å². The number of hydrogen-bond acceptors (Lipinski definition) is 3. The highest BCUT2D eigenvalue weighted by atomic mass is 19.4. The number of halogens is 6. The van der Waals surface area contributed by atoms with E-state index in [1.165, 1.54) is 0 Å². The van der Waals surface area contributed by atoms with Crippen molar-refractivity contribution in [3.63, 3.8) is 0 Å². The van der Waals surface area contributed by atoms with Gasteiger partial charge in [-0.05, 0) is 0 Å². The lowest BCUT2D eigenvalue weighted by Crippen LogP contribution is -2.15. The summed E-state index contributed by atoms with van der Waals surface area (Å²) in [6.45, 7) is 0. The summed E-state index contributed by atoms with van der Waals surface area (Å²) in [6.07, 6.45) is -10.6. The Balaban J connectivity index is 2.92. The molecule has 1 aromatic heterocycles. The quantitative estimate of drug-likeness (QED) is 0.830. The van der Waals surface area contributed by atoms with Crippen LogP contribution in [0.1, 0.15) is 17.9 Å². The van der Waals surface area contributed by atoms with E-state index < -0.39 is 36.7 Å². The van der Waals surface area contributed by atoms with Crippen LogP contribution in [0.2, 0.25) is 0 Å². The van der Waals surface area contributed by atoms with Crippen LogP contribution < -0.4 is 5.73 Å². The molecule has 1 rings (SSSR count). The Morgan fingerprint density at radius 2 is 1.71 bits per heavy atom. The second kappa shape index (κ2) is 4.38. The van der Waals surface area contributed by atoms with Crippen molar-refractivity contribution >= 4 is 5.69 Å². The Kier molecular flexibility index (Phi) is 3.48. The zero-order valence-electron chi connectivity index (χ0n) is 8.23. The van der Waals surface area contributed by atoms with Crippen molar-refractivity contribution in [2.45, 2.75) is 25.2 Å². The van der Waals surface area contributed by atoms with E-state index in [1.54, 1.807) is 0 Å². The number of nitrogen functional groups attached to an aromatic ring is 1. The van der Waals surface area contributed by atoms with Crippen LogP contribution in [0, 0.1) is 0 Å². The van der Waals surface area contributed by atoms with Crippen LogP contribution in [0.15, 0.2) is 6.20 Å². The molecule has 0 amide bonds. The van der Waals surface area contributed by atoms with Crippen LogP contribution in [0.4, 0.5) is 32.0 Å². The molecule has 0 aliphatic carbocycles. The van der Waals surface area contributed by atoms with Gasteiger partial charge in [-0.25, -0.2) is 9.97 Å². The standard InChI is InChI=1S/C8H7F6N3/c9-7(10,11)2-1-5-4(15)3-16-6(17-5)8(12,13)14/h3H,1-2,15H2. The smallest absolute Gasteiger partial charge is 0.396 e. The first-order chi connectivity index (χ1) is 7.59. The average Bonchev–Trinajstić information content (AvgIpc) is 2.13. The van der Waals surface area contributed by atoms with Crippen molar-refractivity contribution in [3.05, 3.63) is 17.7 Å². The lowest BCUT2D eigenvalue weighted by Gasteiger charge is -2.10. The number of nitrogens with two attached hydrogens (primary N) is 1. The normalized spacial score (nSPS) is 12.8. The molecular weight excluding hydrogens is 252 g/mol. The molecule has 0 fully saturated rings. The molecule has 0 radical (unpaired) electrons. The van der Waals surface area contributed by atoms with Crippen molar-refractivity contribution in [2.75, 3.05) is 5.73 Å². The van der Waals surface area contributed by atoms with Gasteiger partial charge in [0, 0.05) is 12.8 Å². The fourth-order valence-corrected chi connectivity index (χ4v) is 1.02. The van der Waals surface area contributed by atoms with Crippen LogP contribution in [0.25, 0.3) is 0 Å². The highest BCUT2D eigenvalue weighted by Crippen LogP contribution is 2.28. The summed E-state index contributed by atoms with van der Waals surface area (Å²) in [5.41, 5.74) is 4.46. The Bertz CT molecular complexity index is 397. The van der Waals surface area contributed by atoms with Gasteiger partial charge in [-0.3, -0.25) is 0 Å². The SMILES string of the molecule is Nc1cnc(C(F)(F)F)nc1CCC(F)(F)F. The van der Waals surface area contributed by atoms with Gasteiger partial charge in [0.25, 0.3) is 0 Å². The molecule has 0 aromatic carbocycles. The van der Waals surface area contributed by atoms with Gasteiger partial charge in [-0.1, -0.05) is 0 Å². The molecule has 0 saturated heterocycles. The zero-order chi connectivity index (χ0) is 13.3. The minimum absolute atomic E-state index is 0.290. The fourth-order valence-electron chi connectivity index (χ4n) is 1.02. The summed E-state index contributed by atoms with van der Waals surface area (Å²) in [4.78, 5) is 5.90. The fraction of sp³-hybridized carbons (Fsp3) is 0.500. The lowest BCUT2D eigenvalue weighted by molar-refractivity contribution is -0.145. The maximum Gasteiger partial charge on any atom is 0.451 e. The van der Waals surface area contributed by atoms with Crippen LogP contribution in [-0.2, 0) is 12.6 Å². The van der Waals surface area contributed by atoms with Crippen molar-refractivity contribution in [3.8, 4) is 0 Å². The first-order valence-corrected chi connectivity index (χ1v) is 4.35. The Hall–Kier alpha value is -1.54. The highest BCUT2D eigenvalue weighted by molar-refractivity contribution is 5.40. The summed E-state index contributed by atoms with van der Waals surface area (Å²) in [5.74, 6) is -1.50. The first-order valence-electron chi connectivity index (χ1n) is 4.35. The molecule has 0 atom stereocenters. The number of nitrogens with zero attached hydrogens (tertiary/aromatic N) is 2. The highest BCUT2D eigenvalue weighted by Gasteiger charge is 2.35. The summed E-state index contributed by atoms with van der Waals surface area (Å²) >= 11 is 0. The second-order valence-corrected chi connectivity index (χ2v) is 3.21. The topological polar surface area (TPSA) is 51.8 Å². The van der Waals surface area contributed by atoms with E-state index in [4.69, 9.17) is 5.73 Å². The van der Waals surface area contributed by atoms with Gasteiger partial charge < -0.3 is 5.73 Å². The maximum atomic E-state index is 12.2. The molecule has 17 heavy (non-hydrogen) atoms. The first kappa shape index (κ1) is 13.5. The van der Waals surface area contributed by atoms with Crippen molar-refractivity contribution < 1.29 is 26.3 Å². The van der Waals surface area contributed by atoms with Crippen molar-refractivity contribution in [2.24, 2.45) is 0 Å². The molecule has 0 aliphatic rings. The molecular formula is C8H7F6N3. The minimum Gasteiger partial charge on any atom is -0.396 e. The molecule has 0 saturated carbocycles. The summed E-state index contributed by atoms with van der Waals surface area (Å²) in [7, 11) is 0. The third kappa shape index (κ3) is 4.08. The van der Waals surface area contributed by atoms with Crippen LogP contribution in [0.3, 0.4) is 0 Å². The molecule has 0 bridgehead atoms. The number of hydrogen-bond donors (Lipinski definition) is 1. The Morgan fingerprint density at radius 3 is 2.18 bits per heavy atom. The minimum atomic E-state index is -4.80. The van der Waals surface area contributed by atoms with E-state index in [2.05, 4.69) is 9.97 Å². The maximum absolute atomic E-state index is 12.2. The van der Waals surface area contributed by atoms with Gasteiger partial charge >= 0.3 is 12.4 Å². The predicted molar refractivity (Wildman–Crippen MR) is 45.8 cm³/mol. The van der Waals surface area contributed by atoms with E-state index in [-0.39, 0.29) is 5.69 Å². The van der Waals surface area contributed by atoms with Gasteiger partial charge in [-0.2, -0.15) is 26.3 Å². The zero-order valence-corrected chi connectivity index (χ0v) is 8.23. The monoisotopic (exact) mass is 259 g/mol. The van der Waals surface area contributed by atoms with E-state index in [1.807, 2.05) is 0 Å². The molecule has 96 valence electrons. The predicted octanol–water partition coefficient (Wildman–Crippen LogP) is 2.57. The Morgan fingerprint density at radius 1 is 1.12 bits per heavy atom. The number of aryl methyl sites for hydroxylation is 1. The lowest BCUT2D eigenvalue weighted by atomic mass is 10.2. The number of anilines is 1. The van der Waals surface area contributed by atoms with Crippen molar-refractivity contribution in [1.82, 2.24) is 9.97 Å². The van der Waals surface area contributed by atoms with Gasteiger partial charge in [-0.15, -0.1) is 0 Å². The molecule has 3 nitrogen and oxygen atoms in total. The number of rotatable bonds is 2. The summed E-state index contributed by atoms with van der Waals surface area (Å²) in [5, 5.41) is 0. The summed E-state index contributed by atoms with van der Waals surface area (Å²) in [6, 6.07) is 0. The van der Waals surface area contributed by atoms with Crippen LogP contribution >= 0.6 is 0 Å². The Labute approximate surface area is 91.7 Å². The average molecular weight is 259 g/mol. The molecule has 0 aliphatic heterocycles. The van der Waals surface area contributed by atoms with Gasteiger partial charge in [0.1, 0.15) is 0 Å². The van der Waals surface area contributed by atoms with E-state index in [0.29, 0.717) is 6.20 Å². The largest absolute Gasteiger partial charge is 0.451 e.